The van der Waals surface area contributed by atoms with Gasteiger partial charge >= 0.3 is 0 Å². The van der Waals surface area contributed by atoms with Crippen molar-refractivity contribution in [2.24, 2.45) is 0 Å². The SMILES string of the molecule is Cc1cccc2nnnc([O-])c12. The summed E-state index contributed by atoms with van der Waals surface area (Å²) in [5, 5.41) is 22.2. The van der Waals surface area contributed by atoms with Crippen molar-refractivity contribution >= 4 is 10.9 Å². The van der Waals surface area contributed by atoms with Gasteiger partial charge in [0, 0.05) is 11.3 Å². The molecule has 0 saturated heterocycles. The van der Waals surface area contributed by atoms with E-state index in [1.165, 1.54) is 0 Å². The molecular formula is C8H6N3O-. The van der Waals surface area contributed by atoms with Crippen molar-refractivity contribution in [2.75, 3.05) is 0 Å². The third kappa shape index (κ3) is 0.887. The lowest BCUT2D eigenvalue weighted by molar-refractivity contribution is -0.273. The van der Waals surface area contributed by atoms with E-state index in [0.29, 0.717) is 10.9 Å². The number of rotatable bonds is 0. The van der Waals surface area contributed by atoms with Crippen molar-refractivity contribution in [3.8, 4) is 5.88 Å². The molecule has 2 rings (SSSR count). The highest BCUT2D eigenvalue weighted by molar-refractivity contribution is 5.85. The van der Waals surface area contributed by atoms with E-state index < -0.39 is 0 Å². The van der Waals surface area contributed by atoms with Gasteiger partial charge in [0.15, 0.2) is 0 Å². The predicted octanol–water partition coefficient (Wildman–Crippen LogP) is 0.407. The Balaban J connectivity index is 2.96. The molecular weight excluding hydrogens is 154 g/mol. The molecule has 0 spiro atoms. The lowest BCUT2D eigenvalue weighted by atomic mass is 10.1. The van der Waals surface area contributed by atoms with Gasteiger partial charge < -0.3 is 5.11 Å². The van der Waals surface area contributed by atoms with Crippen LogP contribution in [-0.2, 0) is 0 Å². The molecule has 1 aromatic carbocycles. The normalized spacial score (nSPS) is 10.4. The number of nitrogens with zero attached hydrogens (tertiary/aromatic N) is 3. The van der Waals surface area contributed by atoms with E-state index in [-0.39, 0.29) is 5.88 Å². The molecule has 0 aliphatic carbocycles. The Morgan fingerprint density at radius 1 is 1.25 bits per heavy atom. The molecule has 0 aliphatic rings. The molecule has 0 aliphatic heterocycles. The summed E-state index contributed by atoms with van der Waals surface area (Å²) in [6.45, 7) is 1.85. The van der Waals surface area contributed by atoms with Crippen LogP contribution < -0.4 is 5.11 Å². The first-order valence-corrected chi connectivity index (χ1v) is 3.55. The average molecular weight is 160 g/mol. The Labute approximate surface area is 68.9 Å². The molecule has 1 aromatic heterocycles. The van der Waals surface area contributed by atoms with E-state index in [0.717, 1.165) is 5.56 Å². The van der Waals surface area contributed by atoms with Gasteiger partial charge in [0.1, 0.15) is 0 Å². The molecule has 4 heteroatoms. The first kappa shape index (κ1) is 6.97. The van der Waals surface area contributed by atoms with Crippen molar-refractivity contribution in [3.05, 3.63) is 23.8 Å². The number of hydrogen-bond donors (Lipinski definition) is 0. The molecule has 1 heterocycles. The summed E-state index contributed by atoms with van der Waals surface area (Å²) in [5.41, 5.74) is 1.50. The Bertz CT molecular complexity index is 391. The summed E-state index contributed by atoms with van der Waals surface area (Å²) < 4.78 is 0. The highest BCUT2D eigenvalue weighted by atomic mass is 16.3. The summed E-state index contributed by atoms with van der Waals surface area (Å²) >= 11 is 0. The van der Waals surface area contributed by atoms with E-state index in [1.54, 1.807) is 6.07 Å². The summed E-state index contributed by atoms with van der Waals surface area (Å²) in [5.74, 6) is -0.307. The molecule has 4 nitrogen and oxygen atoms in total. The minimum absolute atomic E-state index is 0.307. The zero-order chi connectivity index (χ0) is 8.55. The fourth-order valence-corrected chi connectivity index (χ4v) is 1.17. The van der Waals surface area contributed by atoms with Crippen LogP contribution in [0.25, 0.3) is 10.9 Å². The number of hydrogen-bond acceptors (Lipinski definition) is 4. The van der Waals surface area contributed by atoms with Gasteiger partial charge in [0.25, 0.3) is 0 Å². The number of fused-ring (bicyclic) bond motifs is 1. The van der Waals surface area contributed by atoms with Crippen LogP contribution in [-0.4, -0.2) is 15.4 Å². The quantitative estimate of drug-likeness (QED) is 0.559. The third-order valence-corrected chi connectivity index (χ3v) is 1.75. The largest absolute Gasteiger partial charge is 0.857 e. The van der Waals surface area contributed by atoms with Gasteiger partial charge in [-0.2, -0.15) is 0 Å². The smallest absolute Gasteiger partial charge is 0.0959 e. The topological polar surface area (TPSA) is 61.7 Å². The van der Waals surface area contributed by atoms with Crippen molar-refractivity contribution in [3.63, 3.8) is 0 Å². The molecule has 60 valence electrons. The van der Waals surface area contributed by atoms with Crippen LogP contribution in [0.3, 0.4) is 0 Å². The Morgan fingerprint density at radius 2 is 2.08 bits per heavy atom. The summed E-state index contributed by atoms with van der Waals surface area (Å²) in [6, 6.07) is 5.44. The fraction of sp³-hybridized carbons (Fsp3) is 0.125. The molecule has 0 fully saturated rings. The minimum atomic E-state index is -0.307. The zero-order valence-corrected chi connectivity index (χ0v) is 6.48. The molecule has 0 radical (unpaired) electrons. The van der Waals surface area contributed by atoms with Crippen molar-refractivity contribution < 1.29 is 5.11 Å². The monoisotopic (exact) mass is 160 g/mol. The zero-order valence-electron chi connectivity index (χ0n) is 6.48. The molecule has 0 saturated carbocycles. The molecule has 0 amide bonds. The van der Waals surface area contributed by atoms with Gasteiger partial charge in [-0.05, 0) is 23.8 Å². The first-order valence-electron chi connectivity index (χ1n) is 3.55. The number of benzene rings is 1. The highest BCUT2D eigenvalue weighted by Gasteiger charge is 1.98. The number of aromatic nitrogens is 3. The maximum absolute atomic E-state index is 11.2. The summed E-state index contributed by atoms with van der Waals surface area (Å²) in [4.78, 5) is 0. The van der Waals surface area contributed by atoms with Gasteiger partial charge in [-0.25, -0.2) is 0 Å². The molecule has 0 atom stereocenters. The Kier molecular flexibility index (Phi) is 1.40. The van der Waals surface area contributed by atoms with Crippen molar-refractivity contribution in [1.82, 2.24) is 15.4 Å². The van der Waals surface area contributed by atoms with Gasteiger partial charge in [0.2, 0.25) is 0 Å². The van der Waals surface area contributed by atoms with E-state index in [2.05, 4.69) is 15.4 Å². The Morgan fingerprint density at radius 3 is 2.83 bits per heavy atom. The van der Waals surface area contributed by atoms with Crippen LogP contribution in [0.1, 0.15) is 5.56 Å². The van der Waals surface area contributed by atoms with Crippen LogP contribution in [0.5, 0.6) is 5.88 Å². The summed E-state index contributed by atoms with van der Waals surface area (Å²) in [7, 11) is 0. The van der Waals surface area contributed by atoms with E-state index in [4.69, 9.17) is 0 Å². The Hall–Kier alpha value is -1.71. The van der Waals surface area contributed by atoms with Crippen molar-refractivity contribution in [2.45, 2.75) is 6.92 Å². The second kappa shape index (κ2) is 2.41. The second-order valence-electron chi connectivity index (χ2n) is 2.56. The molecule has 0 bridgehead atoms. The van der Waals surface area contributed by atoms with Crippen LogP contribution in [0.15, 0.2) is 18.2 Å². The second-order valence-corrected chi connectivity index (χ2v) is 2.56. The van der Waals surface area contributed by atoms with Crippen LogP contribution in [0, 0.1) is 6.92 Å². The van der Waals surface area contributed by atoms with E-state index in [9.17, 15) is 5.11 Å². The molecule has 12 heavy (non-hydrogen) atoms. The highest BCUT2D eigenvalue weighted by Crippen LogP contribution is 2.19. The first-order chi connectivity index (χ1) is 5.79. The van der Waals surface area contributed by atoms with Gasteiger partial charge in [-0.15, -0.1) is 10.2 Å². The predicted molar refractivity (Wildman–Crippen MR) is 41.5 cm³/mol. The standard InChI is InChI=1S/C8H7N3O/c1-5-3-2-4-6-7(5)8(12)10-11-9-6/h2-4H,1H3,(H,9,10,12)/p-1. The van der Waals surface area contributed by atoms with Crippen LogP contribution >= 0.6 is 0 Å². The van der Waals surface area contributed by atoms with Gasteiger partial charge in [-0.1, -0.05) is 12.1 Å². The summed E-state index contributed by atoms with van der Waals surface area (Å²) in [6.07, 6.45) is 0. The van der Waals surface area contributed by atoms with Crippen molar-refractivity contribution in [1.29, 1.82) is 0 Å². The van der Waals surface area contributed by atoms with Crippen LogP contribution in [0.4, 0.5) is 0 Å². The molecule has 0 unspecified atom stereocenters. The third-order valence-electron chi connectivity index (χ3n) is 1.75. The fourth-order valence-electron chi connectivity index (χ4n) is 1.17. The maximum atomic E-state index is 11.2. The lowest BCUT2D eigenvalue weighted by Gasteiger charge is -2.07. The van der Waals surface area contributed by atoms with E-state index in [1.807, 2.05) is 19.1 Å². The minimum Gasteiger partial charge on any atom is -0.857 e. The van der Waals surface area contributed by atoms with Crippen LogP contribution in [0.2, 0.25) is 0 Å². The lowest BCUT2D eigenvalue weighted by Crippen LogP contribution is -2.00. The van der Waals surface area contributed by atoms with Gasteiger partial charge in [0.05, 0.1) is 5.52 Å². The average Bonchev–Trinajstić information content (AvgIpc) is 2.04. The molecule has 0 N–H and O–H groups in total. The number of aryl methyl sites for hydroxylation is 1. The van der Waals surface area contributed by atoms with Gasteiger partial charge in [-0.3, -0.25) is 0 Å². The van der Waals surface area contributed by atoms with E-state index >= 15 is 0 Å². The molecule has 2 aromatic rings. The maximum Gasteiger partial charge on any atom is 0.0959 e.